The Labute approximate surface area is 91.1 Å². The van der Waals surface area contributed by atoms with Gasteiger partial charge in [0.05, 0.1) is 0 Å². The van der Waals surface area contributed by atoms with E-state index in [1.807, 2.05) is 25.3 Å². The van der Waals surface area contributed by atoms with Crippen molar-refractivity contribution in [1.82, 2.24) is 10.3 Å². The van der Waals surface area contributed by atoms with Crippen molar-refractivity contribution in [3.8, 4) is 12.3 Å². The van der Waals surface area contributed by atoms with Gasteiger partial charge in [0.25, 0.3) is 0 Å². The fourth-order valence-electron chi connectivity index (χ4n) is 1.34. The SMILES string of the molecule is C#CCCNC(CN)c1ccc(C)nc1. The summed E-state index contributed by atoms with van der Waals surface area (Å²) in [7, 11) is 0. The smallest absolute Gasteiger partial charge is 0.0460 e. The van der Waals surface area contributed by atoms with Crippen molar-refractivity contribution in [3.05, 3.63) is 29.6 Å². The van der Waals surface area contributed by atoms with Gasteiger partial charge in [-0.15, -0.1) is 12.3 Å². The van der Waals surface area contributed by atoms with E-state index in [0.29, 0.717) is 6.54 Å². The maximum Gasteiger partial charge on any atom is 0.0460 e. The van der Waals surface area contributed by atoms with E-state index >= 15 is 0 Å². The highest BCUT2D eigenvalue weighted by molar-refractivity contribution is 5.17. The van der Waals surface area contributed by atoms with E-state index in [1.165, 1.54) is 0 Å². The number of pyridine rings is 1. The molecular formula is C12H17N3. The van der Waals surface area contributed by atoms with E-state index in [9.17, 15) is 0 Å². The second-order valence-corrected chi connectivity index (χ2v) is 3.43. The summed E-state index contributed by atoms with van der Waals surface area (Å²) in [6.07, 6.45) is 7.76. The largest absolute Gasteiger partial charge is 0.329 e. The lowest BCUT2D eigenvalue weighted by Crippen LogP contribution is -2.29. The number of nitrogens with zero attached hydrogens (tertiary/aromatic N) is 1. The Morgan fingerprint density at radius 3 is 2.93 bits per heavy atom. The van der Waals surface area contributed by atoms with Crippen LogP contribution in [0.2, 0.25) is 0 Å². The third-order valence-corrected chi connectivity index (χ3v) is 2.23. The Morgan fingerprint density at radius 1 is 1.60 bits per heavy atom. The number of terminal acetylenes is 1. The van der Waals surface area contributed by atoms with Crippen LogP contribution in [-0.4, -0.2) is 18.1 Å². The molecule has 0 aromatic carbocycles. The zero-order chi connectivity index (χ0) is 11.1. The molecule has 3 heteroatoms. The van der Waals surface area contributed by atoms with Crippen LogP contribution >= 0.6 is 0 Å². The lowest BCUT2D eigenvalue weighted by Gasteiger charge is -2.16. The van der Waals surface area contributed by atoms with E-state index in [4.69, 9.17) is 12.2 Å². The molecule has 0 bridgehead atoms. The van der Waals surface area contributed by atoms with Crippen molar-refractivity contribution in [2.24, 2.45) is 5.73 Å². The normalized spacial score (nSPS) is 12.1. The van der Waals surface area contributed by atoms with Crippen LogP contribution in [0.4, 0.5) is 0 Å². The lowest BCUT2D eigenvalue weighted by atomic mass is 10.1. The van der Waals surface area contributed by atoms with Gasteiger partial charge in [-0.2, -0.15) is 0 Å². The molecule has 0 saturated carbocycles. The molecule has 3 N–H and O–H groups in total. The second kappa shape index (κ2) is 6.18. The zero-order valence-electron chi connectivity index (χ0n) is 9.03. The molecule has 3 nitrogen and oxygen atoms in total. The summed E-state index contributed by atoms with van der Waals surface area (Å²) in [5.41, 5.74) is 7.81. The fourth-order valence-corrected chi connectivity index (χ4v) is 1.34. The molecule has 0 spiro atoms. The van der Waals surface area contributed by atoms with Crippen molar-refractivity contribution >= 4 is 0 Å². The molecule has 1 aromatic rings. The number of nitrogens with two attached hydrogens (primary N) is 1. The first-order valence-electron chi connectivity index (χ1n) is 5.07. The van der Waals surface area contributed by atoms with Gasteiger partial charge in [0, 0.05) is 37.4 Å². The standard InChI is InChI=1S/C12H17N3/c1-3-4-7-14-12(8-13)11-6-5-10(2)15-9-11/h1,5-6,9,12,14H,4,7-8,13H2,2H3. The van der Waals surface area contributed by atoms with Gasteiger partial charge >= 0.3 is 0 Å². The molecule has 1 heterocycles. The summed E-state index contributed by atoms with van der Waals surface area (Å²) < 4.78 is 0. The molecular weight excluding hydrogens is 186 g/mol. The van der Waals surface area contributed by atoms with Gasteiger partial charge < -0.3 is 11.1 Å². The first-order chi connectivity index (χ1) is 7.27. The molecule has 80 valence electrons. The van der Waals surface area contributed by atoms with Gasteiger partial charge in [0.2, 0.25) is 0 Å². The van der Waals surface area contributed by atoms with E-state index < -0.39 is 0 Å². The molecule has 0 fully saturated rings. The zero-order valence-corrected chi connectivity index (χ0v) is 9.03. The Hall–Kier alpha value is -1.37. The molecule has 0 radical (unpaired) electrons. The lowest BCUT2D eigenvalue weighted by molar-refractivity contribution is 0.549. The van der Waals surface area contributed by atoms with Crippen molar-refractivity contribution < 1.29 is 0 Å². The van der Waals surface area contributed by atoms with Crippen molar-refractivity contribution in [2.75, 3.05) is 13.1 Å². The minimum absolute atomic E-state index is 0.145. The quantitative estimate of drug-likeness (QED) is 0.554. The molecule has 0 amide bonds. The maximum absolute atomic E-state index is 5.68. The van der Waals surface area contributed by atoms with E-state index in [0.717, 1.165) is 24.2 Å². The van der Waals surface area contributed by atoms with Crippen LogP contribution in [0.5, 0.6) is 0 Å². The van der Waals surface area contributed by atoms with Crippen LogP contribution in [0, 0.1) is 19.3 Å². The Morgan fingerprint density at radius 2 is 2.40 bits per heavy atom. The van der Waals surface area contributed by atoms with Crippen LogP contribution < -0.4 is 11.1 Å². The third-order valence-electron chi connectivity index (χ3n) is 2.23. The predicted molar refractivity (Wildman–Crippen MR) is 62.2 cm³/mol. The molecule has 0 aliphatic rings. The van der Waals surface area contributed by atoms with Crippen molar-refractivity contribution in [1.29, 1.82) is 0 Å². The number of aromatic nitrogens is 1. The molecule has 1 rings (SSSR count). The van der Waals surface area contributed by atoms with Gasteiger partial charge in [-0.05, 0) is 18.6 Å². The number of aryl methyl sites for hydroxylation is 1. The third kappa shape index (κ3) is 3.70. The molecule has 0 aliphatic carbocycles. The molecule has 0 aliphatic heterocycles. The average molecular weight is 203 g/mol. The van der Waals surface area contributed by atoms with Crippen molar-refractivity contribution in [2.45, 2.75) is 19.4 Å². The van der Waals surface area contributed by atoms with Crippen LogP contribution in [0.3, 0.4) is 0 Å². The van der Waals surface area contributed by atoms with E-state index in [1.54, 1.807) is 0 Å². The van der Waals surface area contributed by atoms with Crippen LogP contribution in [0.15, 0.2) is 18.3 Å². The van der Waals surface area contributed by atoms with Gasteiger partial charge in [-0.25, -0.2) is 0 Å². The summed E-state index contributed by atoms with van der Waals surface area (Å²) in [6, 6.07) is 4.18. The maximum atomic E-state index is 5.68. The van der Waals surface area contributed by atoms with E-state index in [-0.39, 0.29) is 6.04 Å². The first kappa shape index (κ1) is 11.7. The average Bonchev–Trinajstić information content (AvgIpc) is 2.26. The van der Waals surface area contributed by atoms with Crippen molar-refractivity contribution in [3.63, 3.8) is 0 Å². The van der Waals surface area contributed by atoms with Crippen LogP contribution in [-0.2, 0) is 0 Å². The summed E-state index contributed by atoms with van der Waals surface area (Å²) in [4.78, 5) is 4.24. The van der Waals surface area contributed by atoms with Gasteiger partial charge in [0.1, 0.15) is 0 Å². The number of rotatable bonds is 5. The number of hydrogen-bond donors (Lipinski definition) is 2. The summed E-state index contributed by atoms with van der Waals surface area (Å²) in [5, 5.41) is 3.30. The Bertz CT molecular complexity index is 324. The monoisotopic (exact) mass is 203 g/mol. The minimum Gasteiger partial charge on any atom is -0.329 e. The summed E-state index contributed by atoms with van der Waals surface area (Å²) in [5.74, 6) is 2.59. The topological polar surface area (TPSA) is 50.9 Å². The van der Waals surface area contributed by atoms with Crippen LogP contribution in [0.25, 0.3) is 0 Å². The van der Waals surface area contributed by atoms with Gasteiger partial charge in [-0.1, -0.05) is 6.07 Å². The summed E-state index contributed by atoms with van der Waals surface area (Å²) in [6.45, 7) is 3.30. The molecule has 15 heavy (non-hydrogen) atoms. The van der Waals surface area contributed by atoms with Gasteiger partial charge in [-0.3, -0.25) is 4.98 Å². The first-order valence-corrected chi connectivity index (χ1v) is 5.07. The highest BCUT2D eigenvalue weighted by atomic mass is 14.9. The molecule has 0 saturated heterocycles. The molecule has 1 atom stereocenters. The Balaban J connectivity index is 2.58. The van der Waals surface area contributed by atoms with Crippen LogP contribution in [0.1, 0.15) is 23.7 Å². The minimum atomic E-state index is 0.145. The highest BCUT2D eigenvalue weighted by Gasteiger charge is 2.07. The molecule has 1 aromatic heterocycles. The van der Waals surface area contributed by atoms with Gasteiger partial charge in [0.15, 0.2) is 0 Å². The Kier molecular flexibility index (Phi) is 4.82. The van der Waals surface area contributed by atoms with E-state index in [2.05, 4.69) is 16.2 Å². The predicted octanol–water partition coefficient (Wildman–Crippen LogP) is 1.00. The highest BCUT2D eigenvalue weighted by Crippen LogP contribution is 2.10. The fraction of sp³-hybridized carbons (Fsp3) is 0.417. The molecule has 1 unspecified atom stereocenters. The summed E-state index contributed by atoms with van der Waals surface area (Å²) >= 11 is 0. The number of nitrogens with one attached hydrogen (secondary N) is 1. The number of hydrogen-bond acceptors (Lipinski definition) is 3. The second-order valence-electron chi connectivity index (χ2n) is 3.43.